The van der Waals surface area contributed by atoms with Gasteiger partial charge in [0.05, 0.1) is 0 Å². The van der Waals surface area contributed by atoms with Gasteiger partial charge in [0.15, 0.2) is 0 Å². The lowest BCUT2D eigenvalue weighted by Crippen LogP contribution is -1.79. The Kier molecular flexibility index (Phi) is 14.1. The number of aliphatic hydroxyl groups excluding tert-OH is 1. The zero-order chi connectivity index (χ0) is 9.11. The van der Waals surface area contributed by atoms with E-state index in [-0.39, 0.29) is 0 Å². The summed E-state index contributed by atoms with van der Waals surface area (Å²) < 4.78 is 0. The predicted molar refractivity (Wildman–Crippen MR) is 51.8 cm³/mol. The van der Waals surface area contributed by atoms with Crippen molar-refractivity contribution in [2.24, 2.45) is 0 Å². The third-order valence-electron chi connectivity index (χ3n) is 0.975. The van der Waals surface area contributed by atoms with Crippen LogP contribution in [0.2, 0.25) is 0 Å². The van der Waals surface area contributed by atoms with Gasteiger partial charge < -0.3 is 5.11 Å². The first kappa shape index (κ1) is 12.9. The second-order valence-corrected chi connectivity index (χ2v) is 1.61. The van der Waals surface area contributed by atoms with Crippen molar-refractivity contribution in [3.63, 3.8) is 0 Å². The molecule has 1 aliphatic rings. The molecule has 0 aliphatic heterocycles. The summed E-state index contributed by atoms with van der Waals surface area (Å²) in [6.07, 6.45) is 7.57. The number of hydrogen-bond acceptors (Lipinski definition) is 1. The molecule has 1 nitrogen and oxygen atoms in total. The Balaban J connectivity index is 0. The fraction of sp³-hybridized carbons (Fsp3) is 0.600. The fourth-order valence-corrected chi connectivity index (χ4v) is 0.600. The van der Waals surface area contributed by atoms with Crippen molar-refractivity contribution in [3.8, 4) is 0 Å². The molecule has 1 rings (SSSR count). The fourth-order valence-electron chi connectivity index (χ4n) is 0.600. The third-order valence-corrected chi connectivity index (χ3v) is 0.975. The van der Waals surface area contributed by atoms with E-state index in [0.29, 0.717) is 5.76 Å². The molecule has 66 valence electrons. The summed E-state index contributed by atoms with van der Waals surface area (Å²) in [6, 6.07) is 0. The van der Waals surface area contributed by atoms with Crippen molar-refractivity contribution in [1.29, 1.82) is 0 Å². The molecule has 0 unspecified atom stereocenters. The van der Waals surface area contributed by atoms with Crippen LogP contribution in [0.3, 0.4) is 0 Å². The Morgan fingerprint density at radius 2 is 1.64 bits per heavy atom. The summed E-state index contributed by atoms with van der Waals surface area (Å²) in [4.78, 5) is 0. The Labute approximate surface area is 70.4 Å². The molecule has 0 amide bonds. The quantitative estimate of drug-likeness (QED) is 0.565. The summed E-state index contributed by atoms with van der Waals surface area (Å²) in [5, 5.41) is 8.68. The van der Waals surface area contributed by atoms with E-state index in [9.17, 15) is 0 Å². The van der Waals surface area contributed by atoms with Gasteiger partial charge in [-0.2, -0.15) is 0 Å². The van der Waals surface area contributed by atoms with Crippen LogP contribution < -0.4 is 0 Å². The third kappa shape index (κ3) is 9.28. The number of rotatable bonds is 0. The van der Waals surface area contributed by atoms with Crippen LogP contribution in [-0.2, 0) is 0 Å². The zero-order valence-electron chi connectivity index (χ0n) is 8.09. The molecule has 11 heavy (non-hydrogen) atoms. The first-order valence-electron chi connectivity index (χ1n) is 4.45. The maximum Gasteiger partial charge on any atom is 0.111 e. The van der Waals surface area contributed by atoms with Gasteiger partial charge in [0, 0.05) is 0 Å². The Hall–Kier alpha value is -0.720. The van der Waals surface area contributed by atoms with Crippen LogP contribution in [-0.4, -0.2) is 5.11 Å². The summed E-state index contributed by atoms with van der Waals surface area (Å²) >= 11 is 0. The molecule has 0 bridgehead atoms. The maximum absolute atomic E-state index is 8.68. The van der Waals surface area contributed by atoms with Gasteiger partial charge in [-0.15, -0.1) is 0 Å². The van der Waals surface area contributed by atoms with Gasteiger partial charge in [-0.25, -0.2) is 0 Å². The topological polar surface area (TPSA) is 20.2 Å². The minimum absolute atomic E-state index is 0.409. The number of hydrogen-bond donors (Lipinski definition) is 1. The van der Waals surface area contributed by atoms with Crippen molar-refractivity contribution in [2.75, 3.05) is 0 Å². The molecule has 1 heteroatoms. The van der Waals surface area contributed by atoms with Crippen LogP contribution in [0.25, 0.3) is 0 Å². The van der Waals surface area contributed by atoms with Crippen molar-refractivity contribution in [2.45, 2.75) is 40.5 Å². The summed E-state index contributed by atoms with van der Waals surface area (Å²) in [5.41, 5.74) is 0. The predicted octanol–water partition coefficient (Wildman–Crippen LogP) is 3.83. The molecule has 1 N–H and O–H groups in total. The van der Waals surface area contributed by atoms with E-state index >= 15 is 0 Å². The molecule has 0 saturated heterocycles. The van der Waals surface area contributed by atoms with Gasteiger partial charge >= 0.3 is 0 Å². The molecule has 0 spiro atoms. The smallest absolute Gasteiger partial charge is 0.111 e. The summed E-state index contributed by atoms with van der Waals surface area (Å²) in [6.45, 7) is 8.00. The normalized spacial score (nSPS) is 13.3. The van der Waals surface area contributed by atoms with Crippen LogP contribution in [0, 0.1) is 0 Å². The van der Waals surface area contributed by atoms with E-state index in [4.69, 9.17) is 5.11 Å². The summed E-state index contributed by atoms with van der Waals surface area (Å²) in [5.74, 6) is 0.409. The van der Waals surface area contributed by atoms with Crippen LogP contribution in [0.5, 0.6) is 0 Å². The van der Waals surface area contributed by atoms with E-state index in [1.807, 2.05) is 39.8 Å². The maximum atomic E-state index is 8.68. The molecular formula is C10H20O. The largest absolute Gasteiger partial charge is 0.508 e. The van der Waals surface area contributed by atoms with Crippen molar-refractivity contribution in [1.82, 2.24) is 0 Å². The van der Waals surface area contributed by atoms with E-state index < -0.39 is 0 Å². The monoisotopic (exact) mass is 156 g/mol. The van der Waals surface area contributed by atoms with Crippen LogP contribution >= 0.6 is 0 Å². The standard InChI is InChI=1S/C6H8O.2C2H6/c7-6-4-2-1-3-5-6;2*1-2/h2,4-5,7H,1,3H2;2*1-2H3. The molecule has 0 heterocycles. The minimum atomic E-state index is 0.409. The molecule has 0 aromatic carbocycles. The number of aliphatic hydroxyl groups is 1. The lowest BCUT2D eigenvalue weighted by molar-refractivity contribution is 0.427. The SMILES string of the molecule is CC.CC.OC1=CCCC=C1. The highest BCUT2D eigenvalue weighted by Crippen LogP contribution is 2.04. The molecule has 0 aromatic heterocycles. The van der Waals surface area contributed by atoms with Crippen LogP contribution in [0.1, 0.15) is 40.5 Å². The molecular weight excluding hydrogens is 136 g/mol. The second-order valence-electron chi connectivity index (χ2n) is 1.61. The highest BCUT2D eigenvalue weighted by molar-refractivity contribution is 5.14. The van der Waals surface area contributed by atoms with Crippen molar-refractivity contribution < 1.29 is 5.11 Å². The lowest BCUT2D eigenvalue weighted by Gasteiger charge is -1.95. The molecule has 0 aromatic rings. The van der Waals surface area contributed by atoms with E-state index in [1.165, 1.54) is 0 Å². The molecule has 1 aliphatic carbocycles. The molecule has 0 fully saturated rings. The molecule has 0 saturated carbocycles. The lowest BCUT2D eigenvalue weighted by atomic mass is 10.2. The highest BCUT2D eigenvalue weighted by atomic mass is 16.3. The zero-order valence-corrected chi connectivity index (χ0v) is 8.09. The van der Waals surface area contributed by atoms with Gasteiger partial charge in [0.25, 0.3) is 0 Å². The van der Waals surface area contributed by atoms with Gasteiger partial charge in [-0.05, 0) is 25.0 Å². The second kappa shape index (κ2) is 12.0. The van der Waals surface area contributed by atoms with Gasteiger partial charge in [0.1, 0.15) is 5.76 Å². The van der Waals surface area contributed by atoms with Crippen molar-refractivity contribution in [3.05, 3.63) is 24.0 Å². The first-order chi connectivity index (χ1) is 5.39. The van der Waals surface area contributed by atoms with Gasteiger partial charge in [0.2, 0.25) is 0 Å². The Morgan fingerprint density at radius 3 is 1.82 bits per heavy atom. The van der Waals surface area contributed by atoms with E-state index in [1.54, 1.807) is 6.08 Å². The van der Waals surface area contributed by atoms with E-state index in [2.05, 4.69) is 0 Å². The Morgan fingerprint density at radius 1 is 1.09 bits per heavy atom. The molecule has 0 radical (unpaired) electrons. The average Bonchev–Trinajstić information content (AvgIpc) is 2.13. The van der Waals surface area contributed by atoms with Crippen molar-refractivity contribution >= 4 is 0 Å². The first-order valence-corrected chi connectivity index (χ1v) is 4.45. The Bertz CT molecular complexity index is 112. The van der Waals surface area contributed by atoms with Gasteiger partial charge in [-0.1, -0.05) is 33.8 Å². The molecule has 0 atom stereocenters. The highest BCUT2D eigenvalue weighted by Gasteiger charge is 1.88. The minimum Gasteiger partial charge on any atom is -0.508 e. The summed E-state index contributed by atoms with van der Waals surface area (Å²) in [7, 11) is 0. The van der Waals surface area contributed by atoms with E-state index in [0.717, 1.165) is 12.8 Å². The number of allylic oxidation sites excluding steroid dienone is 3. The van der Waals surface area contributed by atoms with Gasteiger partial charge in [-0.3, -0.25) is 0 Å². The average molecular weight is 156 g/mol. The van der Waals surface area contributed by atoms with Crippen LogP contribution in [0.4, 0.5) is 0 Å². The van der Waals surface area contributed by atoms with Crippen LogP contribution in [0.15, 0.2) is 24.0 Å².